The number of Topliss-reactive ketones (excluding diaryl/α,β-unsaturated/α-hetero) is 1. The summed E-state index contributed by atoms with van der Waals surface area (Å²) in [5.41, 5.74) is 0. The van der Waals surface area contributed by atoms with E-state index >= 15 is 0 Å². The van der Waals surface area contributed by atoms with E-state index in [-0.39, 0.29) is 6.61 Å². The van der Waals surface area contributed by atoms with Gasteiger partial charge in [-0.05, 0) is 6.04 Å². The van der Waals surface area contributed by atoms with E-state index in [2.05, 4.69) is 24.4 Å². The Balaban J connectivity index is 3.62. The average Bonchev–Trinajstić information content (AvgIpc) is 1.93. The van der Waals surface area contributed by atoms with E-state index in [1.807, 2.05) is 0 Å². The van der Waals surface area contributed by atoms with Gasteiger partial charge in [0.2, 0.25) is 0 Å². The Labute approximate surface area is 82.4 Å². The third-order valence-corrected chi connectivity index (χ3v) is 3.25. The molecule has 0 aliphatic rings. The maximum atomic E-state index is 11.7. The van der Waals surface area contributed by atoms with Crippen LogP contribution in [-0.2, 0) is 9.53 Å². The third kappa shape index (κ3) is 7.08. The van der Waals surface area contributed by atoms with Crippen LogP contribution in [0.15, 0.2) is 0 Å². The van der Waals surface area contributed by atoms with Gasteiger partial charge in [-0.25, -0.2) is 0 Å². The Morgan fingerprint density at radius 1 is 1.29 bits per heavy atom. The lowest BCUT2D eigenvalue weighted by molar-refractivity contribution is -0.175. The van der Waals surface area contributed by atoms with Gasteiger partial charge in [-0.15, -0.1) is 0 Å². The van der Waals surface area contributed by atoms with Crippen LogP contribution in [-0.4, -0.2) is 33.2 Å². The fourth-order valence-corrected chi connectivity index (χ4v) is 1.38. The molecule has 2 nitrogen and oxygen atoms in total. The molecule has 0 fully saturated rings. The van der Waals surface area contributed by atoms with Gasteiger partial charge in [0.15, 0.2) is 0 Å². The monoisotopic (exact) mass is 228 g/mol. The second-order valence-corrected chi connectivity index (χ2v) is 9.91. The summed E-state index contributed by atoms with van der Waals surface area (Å²) in [7, 11) is -1.29. The predicted octanol–water partition coefficient (Wildman–Crippen LogP) is 2.47. The minimum Gasteiger partial charge on any atom is -0.374 e. The molecular formula is C8H15F3O2Si. The number of hydrogen-bond donors (Lipinski definition) is 0. The Kier molecular flexibility index (Phi) is 4.80. The molecule has 0 saturated heterocycles. The Bertz CT molecular complexity index is 196. The molecule has 84 valence electrons. The van der Waals surface area contributed by atoms with Crippen LogP contribution in [0.25, 0.3) is 0 Å². The molecule has 0 rings (SSSR count). The summed E-state index contributed by atoms with van der Waals surface area (Å²) in [5, 5.41) is 0. The highest BCUT2D eigenvalue weighted by Crippen LogP contribution is 2.16. The van der Waals surface area contributed by atoms with E-state index in [1.54, 1.807) is 0 Å². The Hall–Kier alpha value is -0.363. The fourth-order valence-electron chi connectivity index (χ4n) is 0.625. The van der Waals surface area contributed by atoms with Crippen molar-refractivity contribution in [2.24, 2.45) is 0 Å². The second kappa shape index (κ2) is 4.93. The van der Waals surface area contributed by atoms with Crippen molar-refractivity contribution in [3.63, 3.8) is 0 Å². The van der Waals surface area contributed by atoms with E-state index in [0.29, 0.717) is 0 Å². The van der Waals surface area contributed by atoms with Gasteiger partial charge in [-0.2, -0.15) is 13.2 Å². The fraction of sp³-hybridized carbons (Fsp3) is 0.875. The largest absolute Gasteiger partial charge is 0.452 e. The van der Waals surface area contributed by atoms with Crippen molar-refractivity contribution < 1.29 is 22.7 Å². The van der Waals surface area contributed by atoms with Gasteiger partial charge in [0.1, 0.15) is 6.61 Å². The molecule has 0 amide bonds. The number of carbonyl (C=O) groups is 1. The molecule has 0 spiro atoms. The van der Waals surface area contributed by atoms with Gasteiger partial charge in [-0.1, -0.05) is 19.6 Å². The lowest BCUT2D eigenvalue weighted by atomic mass is 10.4. The highest BCUT2D eigenvalue weighted by Gasteiger charge is 2.37. The van der Waals surface area contributed by atoms with Gasteiger partial charge in [0.05, 0.1) is 0 Å². The smallest absolute Gasteiger partial charge is 0.374 e. The summed E-state index contributed by atoms with van der Waals surface area (Å²) in [6, 6.07) is 0.762. The summed E-state index contributed by atoms with van der Waals surface area (Å²) in [5.74, 6) is -1.81. The van der Waals surface area contributed by atoms with Crippen LogP contribution in [0.4, 0.5) is 13.2 Å². The lowest BCUT2D eigenvalue weighted by Crippen LogP contribution is -2.28. The zero-order valence-corrected chi connectivity index (χ0v) is 9.57. The first-order valence-corrected chi connectivity index (χ1v) is 8.01. The van der Waals surface area contributed by atoms with Gasteiger partial charge < -0.3 is 4.74 Å². The minimum absolute atomic E-state index is 0.234. The van der Waals surface area contributed by atoms with E-state index in [0.717, 1.165) is 6.04 Å². The van der Waals surface area contributed by atoms with Crippen molar-refractivity contribution in [1.29, 1.82) is 0 Å². The van der Waals surface area contributed by atoms with Crippen molar-refractivity contribution in [2.75, 3.05) is 13.2 Å². The maximum Gasteiger partial charge on any atom is 0.452 e. The van der Waals surface area contributed by atoms with Crippen molar-refractivity contribution in [2.45, 2.75) is 31.9 Å². The Morgan fingerprint density at radius 3 is 2.14 bits per heavy atom. The number of ether oxygens (including phenoxy) is 1. The first-order chi connectivity index (χ1) is 6.13. The van der Waals surface area contributed by atoms with Crippen LogP contribution >= 0.6 is 0 Å². The lowest BCUT2D eigenvalue weighted by Gasteiger charge is -2.15. The summed E-state index contributed by atoms with van der Waals surface area (Å²) >= 11 is 0. The molecule has 14 heavy (non-hydrogen) atoms. The van der Waals surface area contributed by atoms with Gasteiger partial charge in [0.25, 0.3) is 5.78 Å². The van der Waals surface area contributed by atoms with Crippen molar-refractivity contribution in [3.05, 3.63) is 0 Å². The molecule has 0 radical (unpaired) electrons. The molecule has 0 unspecified atom stereocenters. The highest BCUT2D eigenvalue weighted by molar-refractivity contribution is 6.76. The molecule has 0 aliphatic heterocycles. The molecule has 0 bridgehead atoms. The van der Waals surface area contributed by atoms with Crippen molar-refractivity contribution in [1.82, 2.24) is 0 Å². The van der Waals surface area contributed by atoms with Gasteiger partial charge in [-0.3, -0.25) is 4.79 Å². The maximum absolute atomic E-state index is 11.7. The molecule has 0 atom stereocenters. The number of ketones is 1. The zero-order valence-electron chi connectivity index (χ0n) is 8.57. The normalized spacial score (nSPS) is 13.0. The van der Waals surface area contributed by atoms with E-state index in [1.165, 1.54) is 0 Å². The number of alkyl halides is 3. The summed E-state index contributed by atoms with van der Waals surface area (Å²) < 4.78 is 39.7. The topological polar surface area (TPSA) is 26.3 Å². The van der Waals surface area contributed by atoms with Crippen LogP contribution in [0.5, 0.6) is 0 Å². The van der Waals surface area contributed by atoms with Crippen molar-refractivity contribution >= 4 is 13.9 Å². The van der Waals surface area contributed by atoms with Crippen molar-refractivity contribution in [3.8, 4) is 0 Å². The second-order valence-electron chi connectivity index (χ2n) is 4.28. The molecule has 0 heterocycles. The molecule has 0 N–H and O–H groups in total. The minimum atomic E-state index is -4.76. The zero-order chi connectivity index (χ0) is 11.4. The molecular weight excluding hydrogens is 213 g/mol. The first kappa shape index (κ1) is 13.6. The summed E-state index contributed by atoms with van der Waals surface area (Å²) in [6.45, 7) is 5.64. The van der Waals surface area contributed by atoms with E-state index in [9.17, 15) is 18.0 Å². The van der Waals surface area contributed by atoms with E-state index < -0.39 is 26.6 Å². The highest BCUT2D eigenvalue weighted by atomic mass is 28.3. The SMILES string of the molecule is C[Si](C)(C)CCOCC(=O)C(F)(F)F. The molecule has 0 aromatic carbocycles. The number of carbonyl (C=O) groups excluding carboxylic acids is 1. The number of hydrogen-bond acceptors (Lipinski definition) is 2. The molecule has 0 aliphatic carbocycles. The molecule has 0 aromatic heterocycles. The standard InChI is InChI=1S/C8H15F3O2Si/c1-14(2,3)5-4-13-6-7(12)8(9,10)11/h4-6H2,1-3H3. The third-order valence-electron chi connectivity index (χ3n) is 1.55. The Morgan fingerprint density at radius 2 is 1.79 bits per heavy atom. The summed E-state index contributed by atoms with van der Waals surface area (Å²) in [6.07, 6.45) is -4.76. The van der Waals surface area contributed by atoms with Crippen LogP contribution in [0.2, 0.25) is 25.7 Å². The number of rotatable bonds is 5. The van der Waals surface area contributed by atoms with Crippen LogP contribution in [0.3, 0.4) is 0 Å². The van der Waals surface area contributed by atoms with Gasteiger partial charge >= 0.3 is 6.18 Å². The summed E-state index contributed by atoms with van der Waals surface area (Å²) in [4.78, 5) is 10.4. The van der Waals surface area contributed by atoms with Gasteiger partial charge in [0, 0.05) is 14.7 Å². The molecule has 0 aromatic rings. The van der Waals surface area contributed by atoms with Crippen LogP contribution in [0.1, 0.15) is 0 Å². The predicted molar refractivity (Wildman–Crippen MR) is 50.0 cm³/mol. The van der Waals surface area contributed by atoms with E-state index in [4.69, 9.17) is 0 Å². The number of halogens is 3. The quantitative estimate of drug-likeness (QED) is 0.533. The average molecular weight is 228 g/mol. The first-order valence-electron chi connectivity index (χ1n) is 4.31. The van der Waals surface area contributed by atoms with Crippen LogP contribution < -0.4 is 0 Å². The molecule has 6 heteroatoms. The molecule has 0 saturated carbocycles. The van der Waals surface area contributed by atoms with Crippen LogP contribution in [0, 0.1) is 0 Å².